The van der Waals surface area contributed by atoms with E-state index in [9.17, 15) is 4.79 Å². The number of anilines is 1. The lowest BCUT2D eigenvalue weighted by atomic mass is 9.84. The van der Waals surface area contributed by atoms with Gasteiger partial charge in [-0.15, -0.1) is 12.4 Å². The summed E-state index contributed by atoms with van der Waals surface area (Å²) in [4.78, 5) is 12.2. The van der Waals surface area contributed by atoms with Crippen molar-refractivity contribution in [3.63, 3.8) is 0 Å². The molecule has 130 valence electrons. The Morgan fingerprint density at radius 3 is 2.57 bits per heavy atom. The fourth-order valence-electron chi connectivity index (χ4n) is 3.06. The zero-order valence-corrected chi connectivity index (χ0v) is 15.8. The Morgan fingerprint density at radius 1 is 1.30 bits per heavy atom. The van der Waals surface area contributed by atoms with Gasteiger partial charge in [-0.2, -0.15) is 11.8 Å². The van der Waals surface area contributed by atoms with E-state index in [1.165, 1.54) is 18.4 Å². The summed E-state index contributed by atoms with van der Waals surface area (Å²) in [6.45, 7) is 4.39. The van der Waals surface area contributed by atoms with Crippen LogP contribution in [0.1, 0.15) is 31.7 Å². The molecule has 0 spiro atoms. The molecule has 0 bridgehead atoms. The minimum absolute atomic E-state index is 0. The van der Waals surface area contributed by atoms with E-state index < -0.39 is 0 Å². The Bertz CT molecular complexity index is 461. The number of hydrogen-bond donors (Lipinski definition) is 2. The summed E-state index contributed by atoms with van der Waals surface area (Å²) >= 11 is 1.86. The summed E-state index contributed by atoms with van der Waals surface area (Å²) in [5, 5.41) is 6.42. The molecule has 1 atom stereocenters. The molecule has 1 heterocycles. The summed E-state index contributed by atoms with van der Waals surface area (Å²) in [6.07, 6.45) is 6.22. The van der Waals surface area contributed by atoms with Crippen molar-refractivity contribution < 1.29 is 4.79 Å². The Balaban J connectivity index is 0.00000264. The van der Waals surface area contributed by atoms with Gasteiger partial charge in [0.2, 0.25) is 5.91 Å². The molecule has 1 unspecified atom stereocenters. The molecule has 1 saturated heterocycles. The number of benzene rings is 1. The van der Waals surface area contributed by atoms with Crippen molar-refractivity contribution in [1.82, 2.24) is 5.32 Å². The first kappa shape index (κ1) is 20.3. The lowest BCUT2D eigenvalue weighted by Gasteiger charge is -2.27. The number of rotatable bonds is 7. The van der Waals surface area contributed by atoms with Crippen LogP contribution in [0.5, 0.6) is 0 Å². The van der Waals surface area contributed by atoms with Crippen LogP contribution in [0.25, 0.3) is 0 Å². The van der Waals surface area contributed by atoms with Gasteiger partial charge < -0.3 is 10.6 Å². The van der Waals surface area contributed by atoms with Crippen molar-refractivity contribution in [3.8, 4) is 0 Å². The van der Waals surface area contributed by atoms with E-state index in [0.29, 0.717) is 18.3 Å². The van der Waals surface area contributed by atoms with E-state index in [1.54, 1.807) is 0 Å². The molecule has 5 heteroatoms. The number of nitrogens with one attached hydrogen (secondary N) is 2. The summed E-state index contributed by atoms with van der Waals surface area (Å²) in [7, 11) is 0. The third kappa shape index (κ3) is 7.15. The number of aryl methyl sites for hydroxylation is 1. The van der Waals surface area contributed by atoms with Crippen LogP contribution in [0.3, 0.4) is 0 Å². The highest BCUT2D eigenvalue weighted by atomic mass is 35.5. The first-order valence-electron chi connectivity index (χ1n) is 8.27. The molecule has 0 aromatic heterocycles. The van der Waals surface area contributed by atoms with Gasteiger partial charge in [0.1, 0.15) is 0 Å². The predicted molar refractivity (Wildman–Crippen MR) is 104 cm³/mol. The van der Waals surface area contributed by atoms with E-state index >= 15 is 0 Å². The third-order valence-electron chi connectivity index (χ3n) is 4.53. The average Bonchev–Trinajstić information content (AvgIpc) is 2.55. The average molecular weight is 357 g/mol. The van der Waals surface area contributed by atoms with Gasteiger partial charge in [-0.05, 0) is 73.9 Å². The first-order valence-corrected chi connectivity index (χ1v) is 9.67. The summed E-state index contributed by atoms with van der Waals surface area (Å²) in [6, 6.07) is 8.26. The SMILES string of the molecule is CSCCc1ccc(NC(=O)CC(C)C2CCNCC2)cc1.Cl. The van der Waals surface area contributed by atoms with Gasteiger partial charge in [-0.3, -0.25) is 4.79 Å². The number of hydrogen-bond acceptors (Lipinski definition) is 3. The summed E-state index contributed by atoms with van der Waals surface area (Å²) < 4.78 is 0. The van der Waals surface area contributed by atoms with E-state index in [0.717, 1.165) is 31.0 Å². The quantitative estimate of drug-likeness (QED) is 0.776. The van der Waals surface area contributed by atoms with Crippen LogP contribution in [-0.4, -0.2) is 31.0 Å². The van der Waals surface area contributed by atoms with Crippen LogP contribution in [0.15, 0.2) is 24.3 Å². The fourth-order valence-corrected chi connectivity index (χ4v) is 3.50. The Kier molecular flexibility index (Phi) is 9.68. The standard InChI is InChI=1S/C18H28N2OS.ClH/c1-14(16-7-10-19-11-8-16)13-18(21)20-17-5-3-15(4-6-17)9-12-22-2;/h3-6,14,16,19H,7-13H2,1-2H3,(H,20,21);1H. The second kappa shape index (κ2) is 11.0. The number of piperidine rings is 1. The van der Waals surface area contributed by atoms with E-state index in [4.69, 9.17) is 0 Å². The fraction of sp³-hybridized carbons (Fsp3) is 0.611. The molecule has 1 amide bonds. The highest BCUT2D eigenvalue weighted by molar-refractivity contribution is 7.98. The van der Waals surface area contributed by atoms with Crippen LogP contribution in [0, 0.1) is 11.8 Å². The maximum absolute atomic E-state index is 12.2. The van der Waals surface area contributed by atoms with Gasteiger partial charge in [-0.1, -0.05) is 19.1 Å². The smallest absolute Gasteiger partial charge is 0.224 e. The maximum Gasteiger partial charge on any atom is 0.224 e. The number of carbonyl (C=O) groups is 1. The van der Waals surface area contributed by atoms with Gasteiger partial charge in [0.25, 0.3) is 0 Å². The molecule has 0 radical (unpaired) electrons. The molecule has 23 heavy (non-hydrogen) atoms. The Labute approximate surface area is 150 Å². The molecule has 1 aliphatic rings. The number of halogens is 1. The monoisotopic (exact) mass is 356 g/mol. The second-order valence-corrected chi connectivity index (χ2v) is 7.24. The highest BCUT2D eigenvalue weighted by Gasteiger charge is 2.21. The van der Waals surface area contributed by atoms with Gasteiger partial charge in [0, 0.05) is 12.1 Å². The minimum atomic E-state index is 0. The summed E-state index contributed by atoms with van der Waals surface area (Å²) in [5.74, 6) is 2.42. The van der Waals surface area contributed by atoms with Crippen LogP contribution in [-0.2, 0) is 11.2 Å². The van der Waals surface area contributed by atoms with Crippen LogP contribution in [0.2, 0.25) is 0 Å². The molecule has 1 aliphatic heterocycles. The second-order valence-electron chi connectivity index (χ2n) is 6.26. The Morgan fingerprint density at radius 2 is 1.96 bits per heavy atom. The van der Waals surface area contributed by atoms with Crippen molar-refractivity contribution in [2.45, 2.75) is 32.6 Å². The minimum Gasteiger partial charge on any atom is -0.326 e. The van der Waals surface area contributed by atoms with Crippen molar-refractivity contribution >= 4 is 35.8 Å². The zero-order chi connectivity index (χ0) is 15.8. The molecule has 1 fully saturated rings. The topological polar surface area (TPSA) is 41.1 Å². The lowest BCUT2D eigenvalue weighted by Crippen LogP contribution is -2.32. The third-order valence-corrected chi connectivity index (χ3v) is 5.14. The molecule has 3 nitrogen and oxygen atoms in total. The van der Waals surface area contributed by atoms with Crippen molar-refractivity contribution in [1.29, 1.82) is 0 Å². The first-order chi connectivity index (χ1) is 10.7. The molecule has 2 N–H and O–H groups in total. The van der Waals surface area contributed by atoms with Gasteiger partial charge in [-0.25, -0.2) is 0 Å². The number of amides is 1. The highest BCUT2D eigenvalue weighted by Crippen LogP contribution is 2.24. The molecule has 2 rings (SSSR count). The lowest BCUT2D eigenvalue weighted by molar-refractivity contribution is -0.117. The Hall–Kier alpha value is -0.710. The van der Waals surface area contributed by atoms with Gasteiger partial charge >= 0.3 is 0 Å². The maximum atomic E-state index is 12.2. The summed E-state index contributed by atoms with van der Waals surface area (Å²) in [5.41, 5.74) is 2.24. The number of thioether (sulfide) groups is 1. The number of carbonyl (C=O) groups excluding carboxylic acids is 1. The molecule has 1 aromatic carbocycles. The van der Waals surface area contributed by atoms with Crippen LogP contribution < -0.4 is 10.6 Å². The molecular formula is C18H29ClN2OS. The van der Waals surface area contributed by atoms with Gasteiger partial charge in [0.15, 0.2) is 0 Å². The van der Waals surface area contributed by atoms with E-state index in [-0.39, 0.29) is 18.3 Å². The van der Waals surface area contributed by atoms with Crippen molar-refractivity contribution in [2.75, 3.05) is 30.4 Å². The molecular weight excluding hydrogens is 328 g/mol. The van der Waals surface area contributed by atoms with Gasteiger partial charge in [0.05, 0.1) is 0 Å². The predicted octanol–water partition coefficient (Wildman–Crippen LogP) is 3.98. The molecule has 1 aromatic rings. The van der Waals surface area contributed by atoms with Crippen molar-refractivity contribution in [3.05, 3.63) is 29.8 Å². The molecule has 0 aliphatic carbocycles. The van der Waals surface area contributed by atoms with E-state index in [1.807, 2.05) is 23.9 Å². The van der Waals surface area contributed by atoms with Crippen LogP contribution in [0.4, 0.5) is 5.69 Å². The van der Waals surface area contributed by atoms with E-state index in [2.05, 4.69) is 35.9 Å². The largest absolute Gasteiger partial charge is 0.326 e. The normalized spacial score (nSPS) is 16.4. The van der Waals surface area contributed by atoms with Crippen LogP contribution >= 0.6 is 24.2 Å². The zero-order valence-electron chi connectivity index (χ0n) is 14.1. The van der Waals surface area contributed by atoms with Crippen molar-refractivity contribution in [2.24, 2.45) is 11.8 Å². The molecule has 0 saturated carbocycles.